The second kappa shape index (κ2) is 7.00. The zero-order chi connectivity index (χ0) is 15.4. The number of halogens is 1. The number of hydrogen-bond donors (Lipinski definition) is 2. The minimum Gasteiger partial charge on any atom is -0.465 e. The lowest BCUT2D eigenvalue weighted by Gasteiger charge is -2.17. The summed E-state index contributed by atoms with van der Waals surface area (Å²) in [7, 11) is 1.35. The summed E-state index contributed by atoms with van der Waals surface area (Å²) in [6.07, 6.45) is 1.15. The molecule has 0 aromatic heterocycles. The van der Waals surface area contributed by atoms with Crippen molar-refractivity contribution >= 4 is 28.9 Å². The molecule has 1 aromatic rings. The summed E-state index contributed by atoms with van der Waals surface area (Å²) in [6, 6.07) is 3.23. The quantitative estimate of drug-likeness (QED) is 0.646. The van der Waals surface area contributed by atoms with Gasteiger partial charge in [0.15, 0.2) is 0 Å². The molecular formula is C15H22ClN3O2. The van der Waals surface area contributed by atoms with E-state index in [0.717, 1.165) is 32.6 Å². The summed E-state index contributed by atoms with van der Waals surface area (Å²) >= 11 is 6.22. The number of nitrogens with zero attached hydrogens (tertiary/aromatic N) is 1. The molecule has 2 rings (SSSR count). The molecule has 0 radical (unpaired) electrons. The maximum absolute atomic E-state index is 11.8. The molecule has 0 bridgehead atoms. The number of nitrogen functional groups attached to an aromatic ring is 1. The largest absolute Gasteiger partial charge is 0.465 e. The van der Waals surface area contributed by atoms with Crippen LogP contribution in [0.15, 0.2) is 12.1 Å². The summed E-state index contributed by atoms with van der Waals surface area (Å²) in [6.45, 7) is 6.23. The first-order valence-corrected chi connectivity index (χ1v) is 7.56. The van der Waals surface area contributed by atoms with Crippen molar-refractivity contribution in [2.45, 2.75) is 13.3 Å². The first-order valence-electron chi connectivity index (χ1n) is 7.18. The number of benzene rings is 1. The number of nitrogens with one attached hydrogen (secondary N) is 1. The first-order chi connectivity index (χ1) is 10.0. The van der Waals surface area contributed by atoms with Crippen molar-refractivity contribution in [1.82, 2.24) is 4.90 Å². The van der Waals surface area contributed by atoms with Gasteiger partial charge in [-0.15, -0.1) is 0 Å². The molecule has 1 fully saturated rings. The molecule has 1 unspecified atom stereocenters. The van der Waals surface area contributed by atoms with Gasteiger partial charge in [0.05, 0.1) is 23.4 Å². The Labute approximate surface area is 130 Å². The lowest BCUT2D eigenvalue weighted by molar-refractivity contribution is 0.0602. The highest BCUT2D eigenvalue weighted by atomic mass is 35.5. The van der Waals surface area contributed by atoms with E-state index in [1.807, 2.05) is 0 Å². The summed E-state index contributed by atoms with van der Waals surface area (Å²) in [4.78, 5) is 14.3. The fraction of sp³-hybridized carbons (Fsp3) is 0.533. The molecule has 0 saturated carbocycles. The average molecular weight is 312 g/mol. The van der Waals surface area contributed by atoms with Gasteiger partial charge in [0.1, 0.15) is 0 Å². The van der Waals surface area contributed by atoms with E-state index in [-0.39, 0.29) is 0 Å². The van der Waals surface area contributed by atoms with Crippen LogP contribution in [-0.4, -0.2) is 44.2 Å². The fourth-order valence-electron chi connectivity index (χ4n) is 2.69. The summed E-state index contributed by atoms with van der Waals surface area (Å²) in [5, 5.41) is 3.74. The summed E-state index contributed by atoms with van der Waals surface area (Å²) < 4.78 is 4.79. The summed E-state index contributed by atoms with van der Waals surface area (Å²) in [5.41, 5.74) is 7.18. The Morgan fingerprint density at radius 3 is 2.95 bits per heavy atom. The van der Waals surface area contributed by atoms with Gasteiger partial charge in [0.2, 0.25) is 0 Å². The van der Waals surface area contributed by atoms with Crippen molar-refractivity contribution in [3.8, 4) is 0 Å². The molecule has 0 spiro atoms. The van der Waals surface area contributed by atoms with Gasteiger partial charge in [0.25, 0.3) is 0 Å². The standard InChI is InChI=1S/C15H22ClN3O2/c1-3-19-5-4-10(9-19)8-18-14-12(15(20)21-2)6-11(17)7-13(14)16/h6-7,10,18H,3-5,8-9,17H2,1-2H3. The second-order valence-electron chi connectivity index (χ2n) is 5.35. The zero-order valence-corrected chi connectivity index (χ0v) is 13.2. The molecule has 1 heterocycles. The Balaban J connectivity index is 2.10. The van der Waals surface area contributed by atoms with Crippen molar-refractivity contribution in [2.75, 3.05) is 44.3 Å². The number of hydrogen-bond acceptors (Lipinski definition) is 5. The topological polar surface area (TPSA) is 67.6 Å². The third-order valence-electron chi connectivity index (χ3n) is 3.90. The van der Waals surface area contributed by atoms with Crippen molar-refractivity contribution < 1.29 is 9.53 Å². The third-order valence-corrected chi connectivity index (χ3v) is 4.20. The Hall–Kier alpha value is -1.46. The van der Waals surface area contributed by atoms with E-state index in [4.69, 9.17) is 22.1 Å². The minimum atomic E-state index is -0.437. The van der Waals surface area contributed by atoms with Gasteiger partial charge in [-0.3, -0.25) is 0 Å². The average Bonchev–Trinajstić information content (AvgIpc) is 2.92. The van der Waals surface area contributed by atoms with Crippen molar-refractivity contribution in [1.29, 1.82) is 0 Å². The first kappa shape index (κ1) is 15.9. The van der Waals surface area contributed by atoms with Gasteiger partial charge in [-0.1, -0.05) is 18.5 Å². The molecule has 3 N–H and O–H groups in total. The summed E-state index contributed by atoms with van der Waals surface area (Å²) in [5.74, 6) is 0.123. The highest BCUT2D eigenvalue weighted by Gasteiger charge is 2.22. The number of nitrogens with two attached hydrogens (primary N) is 1. The number of esters is 1. The number of likely N-dealkylation sites (tertiary alicyclic amines) is 1. The number of carbonyl (C=O) groups is 1. The van der Waals surface area contributed by atoms with Gasteiger partial charge in [-0.05, 0) is 37.6 Å². The Morgan fingerprint density at radius 1 is 1.57 bits per heavy atom. The molecule has 1 saturated heterocycles. The molecule has 0 aliphatic carbocycles. The highest BCUT2D eigenvalue weighted by Crippen LogP contribution is 2.30. The van der Waals surface area contributed by atoms with E-state index in [1.54, 1.807) is 12.1 Å². The molecule has 1 aliphatic rings. The van der Waals surface area contributed by atoms with Gasteiger partial charge >= 0.3 is 5.97 Å². The van der Waals surface area contributed by atoms with E-state index < -0.39 is 5.97 Å². The monoisotopic (exact) mass is 311 g/mol. The minimum absolute atomic E-state index is 0.382. The predicted molar refractivity (Wildman–Crippen MR) is 85.9 cm³/mol. The Kier molecular flexibility index (Phi) is 5.31. The van der Waals surface area contributed by atoms with Crippen LogP contribution >= 0.6 is 11.6 Å². The number of rotatable bonds is 5. The van der Waals surface area contributed by atoms with E-state index in [1.165, 1.54) is 7.11 Å². The van der Waals surface area contributed by atoms with Crippen LogP contribution in [0.5, 0.6) is 0 Å². The number of anilines is 2. The van der Waals surface area contributed by atoms with Gasteiger partial charge in [-0.25, -0.2) is 4.79 Å². The van der Waals surface area contributed by atoms with E-state index in [2.05, 4.69) is 17.1 Å². The third kappa shape index (κ3) is 3.80. The molecule has 6 heteroatoms. The van der Waals surface area contributed by atoms with E-state index in [0.29, 0.717) is 27.9 Å². The number of ether oxygens (including phenoxy) is 1. The maximum Gasteiger partial charge on any atom is 0.340 e. The predicted octanol–water partition coefficient (Wildman–Crippen LogP) is 2.46. The molecular weight excluding hydrogens is 290 g/mol. The molecule has 5 nitrogen and oxygen atoms in total. The fourth-order valence-corrected chi connectivity index (χ4v) is 2.99. The normalized spacial score (nSPS) is 18.7. The van der Waals surface area contributed by atoms with Crippen molar-refractivity contribution in [3.05, 3.63) is 22.7 Å². The maximum atomic E-state index is 11.8. The molecule has 1 aromatic carbocycles. The molecule has 1 aliphatic heterocycles. The van der Waals surface area contributed by atoms with Crippen LogP contribution < -0.4 is 11.1 Å². The number of carbonyl (C=O) groups excluding carboxylic acids is 1. The van der Waals surface area contributed by atoms with Crippen LogP contribution in [0.25, 0.3) is 0 Å². The molecule has 21 heavy (non-hydrogen) atoms. The van der Waals surface area contributed by atoms with Crippen LogP contribution in [-0.2, 0) is 4.74 Å². The van der Waals surface area contributed by atoms with Crippen molar-refractivity contribution in [3.63, 3.8) is 0 Å². The van der Waals surface area contributed by atoms with E-state index >= 15 is 0 Å². The van der Waals surface area contributed by atoms with Crippen LogP contribution in [0.2, 0.25) is 5.02 Å². The molecule has 0 amide bonds. The smallest absolute Gasteiger partial charge is 0.340 e. The van der Waals surface area contributed by atoms with Gasteiger partial charge in [-0.2, -0.15) is 0 Å². The van der Waals surface area contributed by atoms with Gasteiger partial charge < -0.3 is 20.7 Å². The Morgan fingerprint density at radius 2 is 2.33 bits per heavy atom. The lowest BCUT2D eigenvalue weighted by atomic mass is 10.1. The Bertz CT molecular complexity index is 522. The van der Waals surface area contributed by atoms with Crippen LogP contribution in [0.1, 0.15) is 23.7 Å². The molecule has 116 valence electrons. The van der Waals surface area contributed by atoms with Crippen LogP contribution in [0.3, 0.4) is 0 Å². The highest BCUT2D eigenvalue weighted by molar-refractivity contribution is 6.34. The lowest BCUT2D eigenvalue weighted by Crippen LogP contribution is -2.23. The number of methoxy groups -OCH3 is 1. The van der Waals surface area contributed by atoms with Gasteiger partial charge in [0, 0.05) is 18.8 Å². The van der Waals surface area contributed by atoms with E-state index in [9.17, 15) is 4.79 Å². The van der Waals surface area contributed by atoms with Crippen LogP contribution in [0.4, 0.5) is 11.4 Å². The second-order valence-corrected chi connectivity index (χ2v) is 5.75. The zero-order valence-electron chi connectivity index (χ0n) is 12.5. The molecule has 1 atom stereocenters. The SMILES string of the molecule is CCN1CCC(CNc2c(Cl)cc(N)cc2C(=O)OC)C1. The van der Waals surface area contributed by atoms with Crippen molar-refractivity contribution in [2.24, 2.45) is 5.92 Å². The van der Waals surface area contributed by atoms with Crippen LogP contribution in [0, 0.1) is 5.92 Å².